The van der Waals surface area contributed by atoms with Crippen LogP contribution in [0.25, 0.3) is 10.8 Å². The SMILES string of the molecule is O=C(c1cc(Br)sc1Br)c1ccc2c3c(cccc13)CC2. The quantitative estimate of drug-likeness (QED) is 0.481. The number of rotatable bonds is 2. The van der Waals surface area contributed by atoms with Crippen LogP contribution in [0, 0.1) is 0 Å². The minimum absolute atomic E-state index is 0.0828. The van der Waals surface area contributed by atoms with Gasteiger partial charge in [0, 0.05) is 11.1 Å². The second-order valence-corrected chi connectivity index (χ2v) is 8.93. The minimum Gasteiger partial charge on any atom is -0.289 e. The highest BCUT2D eigenvalue weighted by molar-refractivity contribution is 9.12. The number of ketones is 1. The molecule has 0 radical (unpaired) electrons. The summed E-state index contributed by atoms with van der Waals surface area (Å²) in [7, 11) is 0. The molecule has 4 rings (SSSR count). The van der Waals surface area contributed by atoms with Crippen LogP contribution in [0.4, 0.5) is 0 Å². The average Bonchev–Trinajstić information content (AvgIpc) is 3.04. The highest BCUT2D eigenvalue weighted by atomic mass is 79.9. The molecule has 0 aliphatic heterocycles. The summed E-state index contributed by atoms with van der Waals surface area (Å²) in [5, 5.41) is 2.37. The maximum Gasteiger partial charge on any atom is 0.195 e. The monoisotopic (exact) mass is 420 g/mol. The molecule has 0 N–H and O–H groups in total. The Kier molecular flexibility index (Phi) is 3.28. The lowest BCUT2D eigenvalue weighted by Gasteiger charge is -2.08. The zero-order valence-corrected chi connectivity index (χ0v) is 14.9. The molecular weight excluding hydrogens is 412 g/mol. The van der Waals surface area contributed by atoms with Crippen molar-refractivity contribution in [3.63, 3.8) is 0 Å². The highest BCUT2D eigenvalue weighted by Gasteiger charge is 2.21. The molecule has 0 amide bonds. The standard InChI is InChI=1S/C17H10Br2OS/c18-14-8-13(17(19)21-14)16(20)12-7-6-10-5-4-9-2-1-3-11(12)15(9)10/h1-3,6-8H,4-5H2. The number of halogens is 2. The number of hydrogen-bond acceptors (Lipinski definition) is 2. The van der Waals surface area contributed by atoms with Crippen LogP contribution in [0.1, 0.15) is 27.0 Å². The Balaban J connectivity index is 1.96. The van der Waals surface area contributed by atoms with E-state index in [9.17, 15) is 4.79 Å². The van der Waals surface area contributed by atoms with E-state index in [4.69, 9.17) is 0 Å². The zero-order valence-electron chi connectivity index (χ0n) is 11.0. The fraction of sp³-hybridized carbons (Fsp3) is 0.118. The molecule has 1 aromatic heterocycles. The predicted molar refractivity (Wildman–Crippen MR) is 94.5 cm³/mol. The van der Waals surface area contributed by atoms with Crippen LogP contribution in [-0.4, -0.2) is 5.78 Å². The Hall–Kier alpha value is -0.970. The second-order valence-electron chi connectivity index (χ2n) is 5.18. The maximum absolute atomic E-state index is 12.9. The molecule has 0 bridgehead atoms. The van der Waals surface area contributed by atoms with E-state index in [1.54, 1.807) is 0 Å². The lowest BCUT2D eigenvalue weighted by molar-refractivity contribution is 0.104. The van der Waals surface area contributed by atoms with Crippen molar-refractivity contribution in [1.29, 1.82) is 0 Å². The Morgan fingerprint density at radius 1 is 1.00 bits per heavy atom. The van der Waals surface area contributed by atoms with E-state index in [0.29, 0.717) is 0 Å². The largest absolute Gasteiger partial charge is 0.289 e. The fourth-order valence-electron chi connectivity index (χ4n) is 3.08. The number of hydrogen-bond donors (Lipinski definition) is 0. The average molecular weight is 422 g/mol. The first kappa shape index (κ1) is 13.7. The lowest BCUT2D eigenvalue weighted by atomic mass is 9.96. The van der Waals surface area contributed by atoms with Crippen LogP contribution >= 0.6 is 43.2 Å². The van der Waals surface area contributed by atoms with Gasteiger partial charge in [-0.25, -0.2) is 0 Å². The first-order valence-electron chi connectivity index (χ1n) is 6.68. The molecule has 0 fully saturated rings. The first-order valence-corrected chi connectivity index (χ1v) is 9.08. The van der Waals surface area contributed by atoms with Crippen LogP contribution in [0.5, 0.6) is 0 Å². The van der Waals surface area contributed by atoms with Crippen LogP contribution in [0.15, 0.2) is 44.0 Å². The van der Waals surface area contributed by atoms with Gasteiger partial charge in [0.25, 0.3) is 0 Å². The third-order valence-corrected chi connectivity index (χ3v) is 6.36. The van der Waals surface area contributed by atoms with Gasteiger partial charge in [-0.3, -0.25) is 4.79 Å². The van der Waals surface area contributed by atoms with Gasteiger partial charge in [-0.05, 0) is 72.7 Å². The van der Waals surface area contributed by atoms with Crippen molar-refractivity contribution in [1.82, 2.24) is 0 Å². The summed E-state index contributed by atoms with van der Waals surface area (Å²) in [4.78, 5) is 12.9. The van der Waals surface area contributed by atoms with Crippen molar-refractivity contribution in [2.75, 3.05) is 0 Å². The molecule has 2 aromatic carbocycles. The van der Waals surface area contributed by atoms with Gasteiger partial charge in [-0.15, -0.1) is 11.3 Å². The molecule has 0 spiro atoms. The van der Waals surface area contributed by atoms with Gasteiger partial charge < -0.3 is 0 Å². The summed E-state index contributed by atoms with van der Waals surface area (Å²) in [5.41, 5.74) is 4.25. The Labute approximate surface area is 143 Å². The number of carbonyl (C=O) groups is 1. The molecule has 0 unspecified atom stereocenters. The van der Waals surface area contributed by atoms with Gasteiger partial charge in [-0.2, -0.15) is 0 Å². The molecule has 3 aromatic rings. The summed E-state index contributed by atoms with van der Waals surface area (Å²) in [5.74, 6) is 0.0828. The van der Waals surface area contributed by atoms with Crippen LogP contribution < -0.4 is 0 Å². The van der Waals surface area contributed by atoms with E-state index in [1.807, 2.05) is 12.1 Å². The molecule has 0 saturated carbocycles. The predicted octanol–water partition coefficient (Wildman–Crippen LogP) is 5.76. The third kappa shape index (κ3) is 2.12. The van der Waals surface area contributed by atoms with Crippen molar-refractivity contribution in [2.45, 2.75) is 12.8 Å². The molecular formula is C17H10Br2OS. The van der Waals surface area contributed by atoms with Gasteiger partial charge in [0.2, 0.25) is 0 Å². The number of benzene rings is 2. The van der Waals surface area contributed by atoms with Gasteiger partial charge >= 0.3 is 0 Å². The molecule has 0 atom stereocenters. The van der Waals surface area contributed by atoms with Crippen LogP contribution in [-0.2, 0) is 12.8 Å². The van der Waals surface area contributed by atoms with Gasteiger partial charge in [0.1, 0.15) is 0 Å². The molecule has 1 heterocycles. The zero-order chi connectivity index (χ0) is 14.6. The van der Waals surface area contributed by atoms with E-state index in [0.717, 1.165) is 36.9 Å². The van der Waals surface area contributed by atoms with Gasteiger partial charge in [0.05, 0.1) is 7.57 Å². The highest BCUT2D eigenvalue weighted by Crippen LogP contribution is 2.37. The van der Waals surface area contributed by atoms with Crippen LogP contribution in [0.2, 0.25) is 0 Å². The van der Waals surface area contributed by atoms with Crippen molar-refractivity contribution < 1.29 is 4.79 Å². The summed E-state index contributed by atoms with van der Waals surface area (Å²) >= 11 is 8.46. The number of thiophene rings is 1. The normalized spacial score (nSPS) is 13.0. The molecule has 1 aliphatic rings. The van der Waals surface area contributed by atoms with E-state index in [2.05, 4.69) is 56.1 Å². The Morgan fingerprint density at radius 3 is 2.48 bits per heavy atom. The molecule has 4 heteroatoms. The smallest absolute Gasteiger partial charge is 0.195 e. The van der Waals surface area contributed by atoms with Crippen molar-refractivity contribution in [2.24, 2.45) is 0 Å². The summed E-state index contributed by atoms with van der Waals surface area (Å²) in [6, 6.07) is 12.3. The molecule has 1 nitrogen and oxygen atoms in total. The molecule has 1 aliphatic carbocycles. The van der Waals surface area contributed by atoms with Crippen molar-refractivity contribution >= 4 is 59.8 Å². The summed E-state index contributed by atoms with van der Waals surface area (Å²) < 4.78 is 1.84. The molecule has 21 heavy (non-hydrogen) atoms. The van der Waals surface area contributed by atoms with E-state index in [-0.39, 0.29) is 5.78 Å². The Morgan fingerprint density at radius 2 is 1.76 bits per heavy atom. The first-order chi connectivity index (χ1) is 10.1. The Bertz CT molecular complexity index is 885. The van der Waals surface area contributed by atoms with Crippen molar-refractivity contribution in [3.05, 3.63) is 66.2 Å². The van der Waals surface area contributed by atoms with E-state index < -0.39 is 0 Å². The molecule has 104 valence electrons. The summed E-state index contributed by atoms with van der Waals surface area (Å²) in [6.07, 6.45) is 2.16. The van der Waals surface area contributed by atoms with Crippen LogP contribution in [0.3, 0.4) is 0 Å². The molecule has 0 saturated heterocycles. The fourth-order valence-corrected chi connectivity index (χ4v) is 5.88. The van der Waals surface area contributed by atoms with Gasteiger partial charge in [0.15, 0.2) is 5.78 Å². The lowest BCUT2D eigenvalue weighted by Crippen LogP contribution is -2.02. The number of aryl methyl sites for hydroxylation is 2. The van der Waals surface area contributed by atoms with Gasteiger partial charge in [-0.1, -0.05) is 30.3 Å². The van der Waals surface area contributed by atoms with E-state index >= 15 is 0 Å². The number of carbonyl (C=O) groups excluding carboxylic acids is 1. The summed E-state index contributed by atoms with van der Waals surface area (Å²) in [6.45, 7) is 0. The topological polar surface area (TPSA) is 17.1 Å². The third-order valence-electron chi connectivity index (χ3n) is 4.02. The van der Waals surface area contributed by atoms with E-state index in [1.165, 1.54) is 27.8 Å². The minimum atomic E-state index is 0.0828. The second kappa shape index (κ2) is 5.04. The van der Waals surface area contributed by atoms with Crippen molar-refractivity contribution in [3.8, 4) is 0 Å². The maximum atomic E-state index is 12.9.